The van der Waals surface area contributed by atoms with Crippen molar-refractivity contribution in [3.63, 3.8) is 0 Å². The predicted octanol–water partition coefficient (Wildman–Crippen LogP) is 3.07. The van der Waals surface area contributed by atoms with Gasteiger partial charge in [0.1, 0.15) is 0 Å². The van der Waals surface area contributed by atoms with E-state index in [-0.39, 0.29) is 10.6 Å². The Labute approximate surface area is 219 Å². The molecule has 1 saturated heterocycles. The van der Waals surface area contributed by atoms with Crippen molar-refractivity contribution in [3.8, 4) is 5.75 Å². The summed E-state index contributed by atoms with van der Waals surface area (Å²) in [5.41, 5.74) is 2.01. The number of hydrogen-bond acceptors (Lipinski definition) is 7. The van der Waals surface area contributed by atoms with Gasteiger partial charge in [-0.3, -0.25) is 0 Å². The Hall–Kier alpha value is -2.73. The SMILES string of the molecule is C[C@@H](Nc1ncnc2cc(OCC3CC3)c([AsH]C(=O)C=CCN3CCOCC3)cc12)c1ccccc1. The van der Waals surface area contributed by atoms with Crippen LogP contribution < -0.4 is 14.4 Å². The number of hydrogen-bond donors (Lipinski definition) is 1. The third-order valence-corrected chi connectivity index (χ3v) is 8.81. The Kier molecular flexibility index (Phi) is 8.32. The molecule has 0 bridgehead atoms. The molecule has 2 atom stereocenters. The van der Waals surface area contributed by atoms with Crippen LogP contribution in [0.2, 0.25) is 0 Å². The molecule has 1 N–H and O–H groups in total. The molecule has 2 aliphatic rings. The minimum atomic E-state index is -1.10. The van der Waals surface area contributed by atoms with Crippen LogP contribution in [0.5, 0.6) is 5.75 Å². The summed E-state index contributed by atoms with van der Waals surface area (Å²) in [6.45, 7) is 6.95. The standard InChI is InChI=1S/C28H33AsN4O3/c1-20(22-6-3-2-4-7-22)32-28-23-16-24(29-27(34)8-5-11-33-12-14-35-15-13-33)26(36-18-21-9-10-21)17-25(23)30-19-31-28/h2-8,16-17,19-21,29H,9-15,18H2,1H3,(H,30,31,32)/t20-/m1/s1. The first-order valence-electron chi connectivity index (χ1n) is 12.7. The second kappa shape index (κ2) is 12.0. The quantitative estimate of drug-likeness (QED) is 0.292. The van der Waals surface area contributed by atoms with Crippen LogP contribution in [0.1, 0.15) is 31.4 Å². The van der Waals surface area contributed by atoms with Crippen molar-refractivity contribution in [3.05, 3.63) is 66.5 Å². The van der Waals surface area contributed by atoms with E-state index in [1.165, 1.54) is 18.4 Å². The zero-order chi connectivity index (χ0) is 24.7. The number of allylic oxidation sites excluding steroid dienone is 1. The monoisotopic (exact) mass is 548 g/mol. The zero-order valence-electron chi connectivity index (χ0n) is 20.7. The fraction of sp³-hybridized carbons (Fsp3) is 0.393. The van der Waals surface area contributed by atoms with Gasteiger partial charge in [0.15, 0.2) is 0 Å². The van der Waals surface area contributed by atoms with Crippen LogP contribution in [0.3, 0.4) is 0 Å². The molecule has 2 aromatic carbocycles. The van der Waals surface area contributed by atoms with E-state index in [2.05, 4.69) is 45.3 Å². The van der Waals surface area contributed by atoms with E-state index in [0.717, 1.165) is 59.7 Å². The second-order valence-corrected chi connectivity index (χ2v) is 12.1. The molecule has 0 amide bonds. The van der Waals surface area contributed by atoms with Gasteiger partial charge in [0.2, 0.25) is 0 Å². The summed E-state index contributed by atoms with van der Waals surface area (Å²) >= 11 is -1.10. The Bertz CT molecular complexity index is 1210. The van der Waals surface area contributed by atoms with E-state index in [1.807, 2.05) is 30.3 Å². The molecule has 1 aliphatic heterocycles. The summed E-state index contributed by atoms with van der Waals surface area (Å²) in [4.78, 5) is 24.3. The number of ether oxygens (including phenoxy) is 2. The average molecular weight is 549 g/mol. The molecule has 1 aliphatic carbocycles. The summed E-state index contributed by atoms with van der Waals surface area (Å²) in [6.07, 6.45) is 7.76. The van der Waals surface area contributed by atoms with Crippen molar-refractivity contribution in [2.75, 3.05) is 44.8 Å². The molecule has 2 heterocycles. The summed E-state index contributed by atoms with van der Waals surface area (Å²) in [5, 5.41) is 4.46. The van der Waals surface area contributed by atoms with Gasteiger partial charge in [0.25, 0.3) is 0 Å². The van der Waals surface area contributed by atoms with Crippen LogP contribution in [-0.4, -0.2) is 74.6 Å². The molecule has 1 saturated carbocycles. The average Bonchev–Trinajstić information content (AvgIpc) is 3.73. The molecule has 8 heteroatoms. The van der Waals surface area contributed by atoms with Gasteiger partial charge in [-0.2, -0.15) is 0 Å². The number of anilines is 1. The van der Waals surface area contributed by atoms with E-state index < -0.39 is 15.8 Å². The number of carbonyl (C=O) groups excluding carboxylic acids is 1. The molecule has 5 rings (SSSR count). The van der Waals surface area contributed by atoms with Crippen LogP contribution >= 0.6 is 0 Å². The third-order valence-electron chi connectivity index (χ3n) is 6.56. The third kappa shape index (κ3) is 6.72. The zero-order valence-corrected chi connectivity index (χ0v) is 22.7. The van der Waals surface area contributed by atoms with E-state index in [9.17, 15) is 4.79 Å². The number of aromatic nitrogens is 2. The Morgan fingerprint density at radius 1 is 1.22 bits per heavy atom. The number of fused-ring (bicyclic) bond motifs is 1. The van der Waals surface area contributed by atoms with Gasteiger partial charge >= 0.3 is 219 Å². The Morgan fingerprint density at radius 2 is 2.03 bits per heavy atom. The van der Waals surface area contributed by atoms with Gasteiger partial charge in [-0.05, 0) is 0 Å². The maximum atomic E-state index is 13.0. The van der Waals surface area contributed by atoms with Gasteiger partial charge in [0, 0.05) is 0 Å². The molecule has 0 spiro atoms. The first-order valence-corrected chi connectivity index (χ1v) is 14.8. The first kappa shape index (κ1) is 24.9. The molecule has 1 unspecified atom stereocenters. The first-order chi connectivity index (χ1) is 17.7. The van der Waals surface area contributed by atoms with E-state index in [1.54, 1.807) is 12.4 Å². The number of nitrogens with zero attached hydrogens (tertiary/aromatic N) is 3. The number of benzene rings is 2. The molecule has 188 valence electrons. The summed E-state index contributed by atoms with van der Waals surface area (Å²) in [7, 11) is 0. The van der Waals surface area contributed by atoms with Crippen molar-refractivity contribution in [1.82, 2.24) is 14.9 Å². The molecular weight excluding hydrogens is 515 g/mol. The van der Waals surface area contributed by atoms with E-state index in [0.29, 0.717) is 12.5 Å². The van der Waals surface area contributed by atoms with Crippen LogP contribution in [0.25, 0.3) is 10.9 Å². The van der Waals surface area contributed by atoms with Crippen molar-refractivity contribution >= 4 is 41.4 Å². The Morgan fingerprint density at radius 3 is 2.81 bits per heavy atom. The van der Waals surface area contributed by atoms with E-state index in [4.69, 9.17) is 9.47 Å². The van der Waals surface area contributed by atoms with E-state index >= 15 is 0 Å². The molecule has 2 fully saturated rings. The fourth-order valence-electron chi connectivity index (χ4n) is 4.21. The predicted molar refractivity (Wildman–Crippen MR) is 144 cm³/mol. The molecule has 36 heavy (non-hydrogen) atoms. The Balaban J connectivity index is 1.36. The van der Waals surface area contributed by atoms with Crippen molar-refractivity contribution in [1.29, 1.82) is 0 Å². The number of rotatable bonds is 11. The number of carbonyl (C=O) groups is 1. The van der Waals surface area contributed by atoms with Gasteiger partial charge in [0.05, 0.1) is 0 Å². The summed E-state index contributed by atoms with van der Waals surface area (Å²) in [5.74, 6) is 2.20. The van der Waals surface area contributed by atoms with Crippen LogP contribution in [0.15, 0.2) is 60.9 Å². The fourth-order valence-corrected chi connectivity index (χ4v) is 6.20. The maximum absolute atomic E-state index is 13.0. The molecular formula is C28H33AsN4O3. The van der Waals surface area contributed by atoms with Crippen LogP contribution in [-0.2, 0) is 9.53 Å². The van der Waals surface area contributed by atoms with Gasteiger partial charge in [-0.15, -0.1) is 0 Å². The van der Waals surface area contributed by atoms with Gasteiger partial charge < -0.3 is 0 Å². The normalized spacial score (nSPS) is 17.7. The minimum absolute atomic E-state index is 0.0827. The molecule has 3 aromatic rings. The topological polar surface area (TPSA) is 76.6 Å². The summed E-state index contributed by atoms with van der Waals surface area (Å²) in [6, 6.07) is 14.4. The van der Waals surface area contributed by atoms with Crippen molar-refractivity contribution in [2.24, 2.45) is 5.92 Å². The van der Waals surface area contributed by atoms with Crippen molar-refractivity contribution < 1.29 is 14.3 Å². The molecule has 0 radical (unpaired) electrons. The summed E-state index contributed by atoms with van der Waals surface area (Å²) < 4.78 is 12.8. The second-order valence-electron chi connectivity index (χ2n) is 9.42. The van der Waals surface area contributed by atoms with Gasteiger partial charge in [-0.1, -0.05) is 0 Å². The van der Waals surface area contributed by atoms with Crippen LogP contribution in [0, 0.1) is 5.92 Å². The number of morpholine rings is 1. The molecule has 7 nitrogen and oxygen atoms in total. The number of nitrogens with one attached hydrogen (secondary N) is 1. The van der Waals surface area contributed by atoms with Crippen molar-refractivity contribution in [2.45, 2.75) is 25.8 Å². The van der Waals surface area contributed by atoms with Gasteiger partial charge in [-0.25, -0.2) is 0 Å². The van der Waals surface area contributed by atoms with Crippen LogP contribution in [0.4, 0.5) is 5.82 Å². The molecule has 1 aromatic heterocycles.